The first-order valence-electron chi connectivity index (χ1n) is 10.4. The van der Waals surface area contributed by atoms with Crippen molar-refractivity contribution in [3.63, 3.8) is 0 Å². The first kappa shape index (κ1) is 25.2. The second kappa shape index (κ2) is 10.7. The van der Waals surface area contributed by atoms with Crippen LogP contribution < -0.4 is 10.6 Å². The van der Waals surface area contributed by atoms with Crippen molar-refractivity contribution in [3.8, 4) is 0 Å². The van der Waals surface area contributed by atoms with E-state index >= 15 is 0 Å². The number of pyridine rings is 1. The van der Waals surface area contributed by atoms with Crippen molar-refractivity contribution < 1.29 is 28.7 Å². The van der Waals surface area contributed by atoms with Gasteiger partial charge in [-0.1, -0.05) is 11.3 Å². The zero-order valence-corrected chi connectivity index (χ0v) is 20.7. The molecule has 0 radical (unpaired) electrons. The van der Waals surface area contributed by atoms with Crippen molar-refractivity contribution >= 4 is 61.8 Å². The van der Waals surface area contributed by atoms with E-state index in [0.29, 0.717) is 20.9 Å². The minimum Gasteiger partial charge on any atom is -0.466 e. The maximum atomic E-state index is 12.8. The number of alkyl carbamates (subject to hydrolysis) is 1. The first-order chi connectivity index (χ1) is 16.1. The molecule has 0 bridgehead atoms. The third-order valence-electron chi connectivity index (χ3n) is 4.14. The molecule has 12 heteroatoms. The quantitative estimate of drug-likeness (QED) is 0.265. The second-order valence-corrected chi connectivity index (χ2v) is 9.96. The van der Waals surface area contributed by atoms with Crippen LogP contribution in [-0.4, -0.2) is 45.9 Å². The highest BCUT2D eigenvalue weighted by molar-refractivity contribution is 7.20. The standard InChI is InChI=1S/C22H24N4O6S2/c1-5-31-16(28)9-15(27)13-6-7-33-18(13)26-17(29)20-25-14-8-12(10-23-19(14)34-20)11-24-21(30)32-22(2,3)4/h6-8,10H,5,9,11H2,1-4H3,(H,24,30)(H,26,29). The SMILES string of the molecule is CCOC(=O)CC(=O)c1ccsc1NC(=O)c1nc2cc(CNC(=O)OC(C)(C)C)cnc2s1. The summed E-state index contributed by atoms with van der Waals surface area (Å²) in [5.74, 6) is -1.56. The van der Waals surface area contributed by atoms with Crippen LogP contribution in [0.1, 0.15) is 59.8 Å². The number of hydrogen-bond donors (Lipinski definition) is 2. The van der Waals surface area contributed by atoms with E-state index in [1.54, 1.807) is 51.4 Å². The summed E-state index contributed by atoms with van der Waals surface area (Å²) in [7, 11) is 0. The van der Waals surface area contributed by atoms with Crippen molar-refractivity contribution in [2.45, 2.75) is 46.3 Å². The number of hydrogen-bond acceptors (Lipinski definition) is 10. The molecule has 180 valence electrons. The highest BCUT2D eigenvalue weighted by atomic mass is 32.1. The van der Waals surface area contributed by atoms with Gasteiger partial charge in [0.1, 0.15) is 27.4 Å². The number of carbonyl (C=O) groups is 4. The van der Waals surface area contributed by atoms with Crippen LogP contribution in [-0.2, 0) is 20.8 Å². The molecule has 34 heavy (non-hydrogen) atoms. The number of esters is 1. The number of Topliss-reactive ketones (excluding diaryl/α,β-unsaturated/α-hetero) is 1. The normalized spacial score (nSPS) is 11.2. The second-order valence-electron chi connectivity index (χ2n) is 8.06. The molecule has 0 saturated heterocycles. The van der Waals surface area contributed by atoms with E-state index in [0.717, 1.165) is 11.3 Å². The summed E-state index contributed by atoms with van der Waals surface area (Å²) in [4.78, 5) is 57.8. The van der Waals surface area contributed by atoms with Gasteiger partial charge in [0.2, 0.25) is 0 Å². The number of thiazole rings is 1. The van der Waals surface area contributed by atoms with Crippen LogP contribution >= 0.6 is 22.7 Å². The van der Waals surface area contributed by atoms with Gasteiger partial charge in [-0.15, -0.1) is 11.3 Å². The Labute approximate surface area is 203 Å². The van der Waals surface area contributed by atoms with Crippen LogP contribution in [0.2, 0.25) is 0 Å². The lowest BCUT2D eigenvalue weighted by molar-refractivity contribution is -0.141. The summed E-state index contributed by atoms with van der Waals surface area (Å²) in [6, 6.07) is 3.28. The van der Waals surface area contributed by atoms with Gasteiger partial charge in [0, 0.05) is 12.7 Å². The van der Waals surface area contributed by atoms with Gasteiger partial charge in [-0.25, -0.2) is 14.8 Å². The molecule has 2 amide bonds. The Morgan fingerprint density at radius 3 is 2.65 bits per heavy atom. The third kappa shape index (κ3) is 6.81. The van der Waals surface area contributed by atoms with Crippen LogP contribution in [0.4, 0.5) is 9.80 Å². The minimum atomic E-state index is -0.620. The number of thiophene rings is 1. The van der Waals surface area contributed by atoms with E-state index < -0.39 is 35.8 Å². The molecule has 0 fully saturated rings. The molecule has 2 N–H and O–H groups in total. The molecule has 3 aromatic rings. The topological polar surface area (TPSA) is 137 Å². The van der Waals surface area contributed by atoms with Crippen molar-refractivity contribution in [2.75, 3.05) is 11.9 Å². The Morgan fingerprint density at radius 1 is 1.18 bits per heavy atom. The lowest BCUT2D eigenvalue weighted by atomic mass is 10.1. The lowest BCUT2D eigenvalue weighted by Crippen LogP contribution is -2.32. The van der Waals surface area contributed by atoms with Crippen molar-refractivity contribution in [1.29, 1.82) is 0 Å². The number of amides is 2. The van der Waals surface area contributed by atoms with Gasteiger partial charge >= 0.3 is 12.1 Å². The summed E-state index contributed by atoms with van der Waals surface area (Å²) >= 11 is 2.27. The average molecular weight is 505 g/mol. The molecule has 3 rings (SSSR count). The average Bonchev–Trinajstić information content (AvgIpc) is 3.37. The number of fused-ring (bicyclic) bond motifs is 1. The number of rotatable bonds is 8. The number of carbonyl (C=O) groups excluding carboxylic acids is 4. The number of nitrogens with one attached hydrogen (secondary N) is 2. The van der Waals surface area contributed by atoms with E-state index in [1.807, 2.05) is 0 Å². The first-order valence-corrected chi connectivity index (χ1v) is 12.1. The molecule has 0 unspecified atom stereocenters. The number of ketones is 1. The fourth-order valence-corrected chi connectivity index (χ4v) is 4.35. The van der Waals surface area contributed by atoms with Gasteiger partial charge in [-0.3, -0.25) is 14.4 Å². The predicted molar refractivity (Wildman–Crippen MR) is 128 cm³/mol. The minimum absolute atomic E-state index is 0.164. The van der Waals surface area contributed by atoms with E-state index in [1.165, 1.54) is 11.3 Å². The van der Waals surface area contributed by atoms with E-state index in [4.69, 9.17) is 9.47 Å². The van der Waals surface area contributed by atoms with E-state index in [2.05, 4.69) is 20.6 Å². The van der Waals surface area contributed by atoms with Crippen LogP contribution in [0.5, 0.6) is 0 Å². The Bertz CT molecular complexity index is 1230. The van der Waals surface area contributed by atoms with E-state index in [9.17, 15) is 19.2 Å². The molecular formula is C22H24N4O6S2. The monoisotopic (exact) mass is 504 g/mol. The van der Waals surface area contributed by atoms with Crippen molar-refractivity contribution in [3.05, 3.63) is 39.8 Å². The fraction of sp³-hybridized carbons (Fsp3) is 0.364. The molecule has 0 aromatic carbocycles. The highest BCUT2D eigenvalue weighted by Crippen LogP contribution is 2.27. The highest BCUT2D eigenvalue weighted by Gasteiger charge is 2.21. The van der Waals surface area contributed by atoms with E-state index in [-0.39, 0.29) is 23.7 Å². The molecule has 0 aliphatic heterocycles. The van der Waals surface area contributed by atoms with Crippen LogP contribution in [0, 0.1) is 0 Å². The number of ether oxygens (including phenoxy) is 2. The molecule has 0 spiro atoms. The Hall–Kier alpha value is -3.38. The maximum absolute atomic E-state index is 12.8. The van der Waals surface area contributed by atoms with Gasteiger partial charge in [0.15, 0.2) is 10.8 Å². The molecule has 0 saturated carbocycles. The van der Waals surface area contributed by atoms with Crippen LogP contribution in [0.3, 0.4) is 0 Å². The molecule has 0 atom stereocenters. The van der Waals surface area contributed by atoms with Gasteiger partial charge in [0.05, 0.1) is 12.2 Å². The lowest BCUT2D eigenvalue weighted by Gasteiger charge is -2.19. The summed E-state index contributed by atoms with van der Waals surface area (Å²) in [6.45, 7) is 7.36. The Balaban J connectivity index is 1.67. The fourth-order valence-electron chi connectivity index (χ4n) is 2.77. The van der Waals surface area contributed by atoms with Gasteiger partial charge in [-0.2, -0.15) is 0 Å². The molecule has 3 heterocycles. The van der Waals surface area contributed by atoms with Gasteiger partial charge in [0.25, 0.3) is 5.91 Å². The predicted octanol–water partition coefficient (Wildman–Crippen LogP) is 4.17. The third-order valence-corrected chi connectivity index (χ3v) is 5.94. The number of aromatic nitrogens is 2. The van der Waals surface area contributed by atoms with Crippen LogP contribution in [0.25, 0.3) is 10.3 Å². The van der Waals surface area contributed by atoms with Gasteiger partial charge in [-0.05, 0) is 50.8 Å². The van der Waals surface area contributed by atoms with Gasteiger partial charge < -0.3 is 20.1 Å². The number of nitrogens with zero attached hydrogens (tertiary/aromatic N) is 2. The molecule has 0 aliphatic rings. The summed E-state index contributed by atoms with van der Waals surface area (Å²) in [5, 5.41) is 7.47. The largest absolute Gasteiger partial charge is 0.466 e. The van der Waals surface area contributed by atoms with Crippen LogP contribution in [0.15, 0.2) is 23.7 Å². The summed E-state index contributed by atoms with van der Waals surface area (Å²) in [6.07, 6.45) is 0.638. The zero-order chi connectivity index (χ0) is 24.9. The molecule has 10 nitrogen and oxygen atoms in total. The van der Waals surface area contributed by atoms with Crippen molar-refractivity contribution in [2.24, 2.45) is 0 Å². The Morgan fingerprint density at radius 2 is 1.94 bits per heavy atom. The summed E-state index contributed by atoms with van der Waals surface area (Å²) in [5.41, 5.74) is 0.834. The molecule has 0 aliphatic carbocycles. The zero-order valence-electron chi connectivity index (χ0n) is 19.1. The molecular weight excluding hydrogens is 480 g/mol. The Kier molecular flexibility index (Phi) is 7.94. The number of anilines is 1. The smallest absolute Gasteiger partial charge is 0.407 e. The maximum Gasteiger partial charge on any atom is 0.407 e. The summed E-state index contributed by atoms with van der Waals surface area (Å²) < 4.78 is 10.0. The van der Waals surface area contributed by atoms with Crippen molar-refractivity contribution in [1.82, 2.24) is 15.3 Å². The molecule has 3 aromatic heterocycles.